The number of rotatable bonds is 6. The van der Waals surface area contributed by atoms with Crippen molar-refractivity contribution in [2.24, 2.45) is 0 Å². The van der Waals surface area contributed by atoms with E-state index in [2.05, 4.69) is 5.32 Å². The number of nitrogens with one attached hydrogen (secondary N) is 1. The van der Waals surface area contributed by atoms with E-state index in [0.29, 0.717) is 25.8 Å². The van der Waals surface area contributed by atoms with Crippen LogP contribution in [0, 0.1) is 29.1 Å². The summed E-state index contributed by atoms with van der Waals surface area (Å²) in [4.78, 5) is 0. The second-order valence-electron chi connectivity index (χ2n) is 4.28. The molecule has 0 heterocycles. The first-order chi connectivity index (χ1) is 8.95. The predicted octanol–water partition coefficient (Wildman–Crippen LogP) is 4.22. The van der Waals surface area contributed by atoms with Gasteiger partial charge in [-0.25, -0.2) is 22.0 Å². The summed E-state index contributed by atoms with van der Waals surface area (Å²) in [7, 11) is 0. The van der Waals surface area contributed by atoms with E-state index < -0.39 is 40.7 Å². The smallest absolute Gasteiger partial charge is 0.200 e. The minimum atomic E-state index is -2.12. The Labute approximate surface area is 108 Å². The van der Waals surface area contributed by atoms with Gasteiger partial charge in [0.1, 0.15) is 0 Å². The largest absolute Gasteiger partial charge is 0.310 e. The molecule has 0 saturated carbocycles. The molecule has 1 unspecified atom stereocenters. The number of hydrogen-bond donors (Lipinski definition) is 1. The van der Waals surface area contributed by atoms with Gasteiger partial charge >= 0.3 is 0 Å². The maximum atomic E-state index is 13.6. The summed E-state index contributed by atoms with van der Waals surface area (Å²) in [5, 5.41) is 2.81. The SMILES string of the molecule is CCCNC(CCC)c1c(F)c(F)c(F)c(F)c1F. The third-order valence-corrected chi connectivity index (χ3v) is 2.81. The van der Waals surface area contributed by atoms with Crippen LogP contribution in [0.25, 0.3) is 0 Å². The van der Waals surface area contributed by atoms with Crippen LogP contribution in [0.3, 0.4) is 0 Å². The van der Waals surface area contributed by atoms with Crippen molar-refractivity contribution < 1.29 is 22.0 Å². The van der Waals surface area contributed by atoms with Crippen LogP contribution in [0.1, 0.15) is 44.7 Å². The van der Waals surface area contributed by atoms with E-state index in [1.54, 1.807) is 6.92 Å². The summed E-state index contributed by atoms with van der Waals surface area (Å²) >= 11 is 0. The lowest BCUT2D eigenvalue weighted by Gasteiger charge is -2.20. The van der Waals surface area contributed by atoms with Gasteiger partial charge in [0.15, 0.2) is 23.3 Å². The van der Waals surface area contributed by atoms with Crippen LogP contribution in [0.5, 0.6) is 0 Å². The molecule has 6 heteroatoms. The first-order valence-corrected chi connectivity index (χ1v) is 6.20. The zero-order chi connectivity index (χ0) is 14.6. The molecule has 1 N–H and O–H groups in total. The Morgan fingerprint density at radius 2 is 1.26 bits per heavy atom. The Morgan fingerprint density at radius 3 is 1.68 bits per heavy atom. The Morgan fingerprint density at radius 1 is 0.789 bits per heavy atom. The van der Waals surface area contributed by atoms with Crippen molar-refractivity contribution in [1.29, 1.82) is 0 Å². The highest BCUT2D eigenvalue weighted by atomic mass is 19.2. The molecule has 0 fully saturated rings. The first kappa shape index (κ1) is 15.9. The molecule has 0 bridgehead atoms. The number of hydrogen-bond acceptors (Lipinski definition) is 1. The van der Waals surface area contributed by atoms with Crippen molar-refractivity contribution in [2.45, 2.75) is 39.2 Å². The third-order valence-electron chi connectivity index (χ3n) is 2.81. The molecule has 0 spiro atoms. The van der Waals surface area contributed by atoms with Gasteiger partial charge in [0.2, 0.25) is 5.82 Å². The van der Waals surface area contributed by atoms with Crippen LogP contribution in [0.4, 0.5) is 22.0 Å². The lowest BCUT2D eigenvalue weighted by molar-refractivity contribution is 0.351. The summed E-state index contributed by atoms with van der Waals surface area (Å²) in [5.74, 6) is -9.41. The van der Waals surface area contributed by atoms with Crippen molar-refractivity contribution in [3.63, 3.8) is 0 Å². The summed E-state index contributed by atoms with van der Waals surface area (Å²) < 4.78 is 66.5. The van der Waals surface area contributed by atoms with Crippen LogP contribution in [0.15, 0.2) is 0 Å². The average Bonchev–Trinajstić information content (AvgIpc) is 2.40. The van der Waals surface area contributed by atoms with Crippen molar-refractivity contribution in [3.05, 3.63) is 34.6 Å². The molecule has 1 atom stereocenters. The maximum absolute atomic E-state index is 13.6. The fourth-order valence-electron chi connectivity index (χ4n) is 1.88. The second-order valence-corrected chi connectivity index (χ2v) is 4.28. The van der Waals surface area contributed by atoms with Gasteiger partial charge in [0.05, 0.1) is 0 Å². The topological polar surface area (TPSA) is 12.0 Å². The molecule has 1 nitrogen and oxygen atoms in total. The molecule has 0 saturated heterocycles. The van der Waals surface area contributed by atoms with Gasteiger partial charge in [-0.3, -0.25) is 0 Å². The molecule has 0 radical (unpaired) electrons. The van der Waals surface area contributed by atoms with Crippen molar-refractivity contribution in [3.8, 4) is 0 Å². The van der Waals surface area contributed by atoms with Crippen molar-refractivity contribution >= 4 is 0 Å². The molecular formula is C13H16F5N. The highest BCUT2D eigenvalue weighted by Gasteiger charge is 2.29. The van der Waals surface area contributed by atoms with E-state index in [9.17, 15) is 22.0 Å². The molecule has 19 heavy (non-hydrogen) atoms. The van der Waals surface area contributed by atoms with Crippen molar-refractivity contribution in [2.75, 3.05) is 6.54 Å². The lowest BCUT2D eigenvalue weighted by Crippen LogP contribution is -2.25. The van der Waals surface area contributed by atoms with Crippen LogP contribution in [-0.4, -0.2) is 6.54 Å². The zero-order valence-corrected chi connectivity index (χ0v) is 10.8. The van der Waals surface area contributed by atoms with Gasteiger partial charge in [-0.05, 0) is 19.4 Å². The van der Waals surface area contributed by atoms with Gasteiger partial charge in [0, 0.05) is 11.6 Å². The van der Waals surface area contributed by atoms with Gasteiger partial charge in [-0.1, -0.05) is 20.3 Å². The molecule has 0 aromatic heterocycles. The van der Waals surface area contributed by atoms with Gasteiger partial charge < -0.3 is 5.32 Å². The molecule has 0 amide bonds. The Bertz CT molecular complexity index is 418. The summed E-state index contributed by atoms with van der Waals surface area (Å²) in [6.07, 6.45) is 1.54. The monoisotopic (exact) mass is 281 g/mol. The quantitative estimate of drug-likeness (QED) is 0.467. The second kappa shape index (κ2) is 6.84. The maximum Gasteiger partial charge on any atom is 0.200 e. The minimum absolute atomic E-state index is 0.290. The number of halogens is 5. The molecule has 108 valence electrons. The van der Waals surface area contributed by atoms with Crippen LogP contribution in [-0.2, 0) is 0 Å². The summed E-state index contributed by atoms with van der Waals surface area (Å²) in [6.45, 7) is 4.05. The zero-order valence-electron chi connectivity index (χ0n) is 10.8. The third kappa shape index (κ3) is 3.23. The van der Waals surface area contributed by atoms with E-state index in [-0.39, 0.29) is 0 Å². The Balaban J connectivity index is 3.29. The first-order valence-electron chi connectivity index (χ1n) is 6.20. The Kier molecular flexibility index (Phi) is 5.72. The van der Waals surface area contributed by atoms with Gasteiger partial charge in [-0.2, -0.15) is 0 Å². The van der Waals surface area contributed by atoms with E-state index >= 15 is 0 Å². The molecule has 0 aliphatic heterocycles. The highest BCUT2D eigenvalue weighted by Crippen LogP contribution is 2.29. The summed E-state index contributed by atoms with van der Waals surface area (Å²) in [6, 6.07) is -0.880. The standard InChI is InChI=1S/C13H16F5N/c1-3-5-7(19-6-4-2)8-9(14)11(16)13(18)12(17)10(8)15/h7,19H,3-6H2,1-2H3. The van der Waals surface area contributed by atoms with E-state index in [1.807, 2.05) is 6.92 Å². The molecule has 1 rings (SSSR count). The molecule has 0 aliphatic carbocycles. The summed E-state index contributed by atoms with van der Waals surface area (Å²) in [5.41, 5.74) is -0.772. The van der Waals surface area contributed by atoms with Gasteiger partial charge in [0.25, 0.3) is 0 Å². The molecular weight excluding hydrogens is 265 g/mol. The molecule has 1 aromatic carbocycles. The van der Waals surface area contributed by atoms with Crippen LogP contribution < -0.4 is 5.32 Å². The predicted molar refractivity (Wildman–Crippen MR) is 62.2 cm³/mol. The fraction of sp³-hybridized carbons (Fsp3) is 0.538. The molecule has 1 aromatic rings. The van der Waals surface area contributed by atoms with Crippen LogP contribution in [0.2, 0.25) is 0 Å². The van der Waals surface area contributed by atoms with Gasteiger partial charge in [-0.15, -0.1) is 0 Å². The average molecular weight is 281 g/mol. The fourth-order valence-corrected chi connectivity index (χ4v) is 1.88. The van der Waals surface area contributed by atoms with E-state index in [4.69, 9.17) is 0 Å². The number of benzene rings is 1. The van der Waals surface area contributed by atoms with Crippen LogP contribution >= 0.6 is 0 Å². The lowest BCUT2D eigenvalue weighted by atomic mass is 10.00. The Hall–Kier alpha value is -1.17. The minimum Gasteiger partial charge on any atom is -0.310 e. The van der Waals surface area contributed by atoms with E-state index in [1.165, 1.54) is 0 Å². The van der Waals surface area contributed by atoms with Crippen molar-refractivity contribution in [1.82, 2.24) is 5.32 Å². The highest BCUT2D eigenvalue weighted by molar-refractivity contribution is 5.27. The normalized spacial score (nSPS) is 12.8. The van der Waals surface area contributed by atoms with E-state index in [0.717, 1.165) is 0 Å². The molecule has 0 aliphatic rings.